The van der Waals surface area contributed by atoms with Gasteiger partial charge in [0.15, 0.2) is 0 Å². The topological polar surface area (TPSA) is 0 Å². The van der Waals surface area contributed by atoms with E-state index in [1.807, 2.05) is 6.07 Å². The first-order chi connectivity index (χ1) is 9.68. The number of hydrogen-bond donors (Lipinski definition) is 0. The lowest BCUT2D eigenvalue weighted by Crippen LogP contribution is -1.98. The second kappa shape index (κ2) is 5.22. The highest BCUT2D eigenvalue weighted by Crippen LogP contribution is 2.35. The molecule has 0 radical (unpaired) electrons. The Morgan fingerprint density at radius 1 is 0.650 bits per heavy atom. The third-order valence-corrected chi connectivity index (χ3v) is 3.83. The summed E-state index contributed by atoms with van der Waals surface area (Å²) in [5.41, 5.74) is 1.10. The highest BCUT2D eigenvalue weighted by molar-refractivity contribution is 6.23. The fraction of sp³-hybridized carbons (Fsp3) is 0.0588. The molecule has 100 valence electrons. The largest absolute Gasteiger partial charge is 0.207 e. The van der Waals surface area contributed by atoms with Crippen LogP contribution in [0.25, 0.3) is 10.8 Å². The second-order valence-corrected chi connectivity index (χ2v) is 5.00. The molecule has 0 aliphatic heterocycles. The van der Waals surface area contributed by atoms with Crippen LogP contribution in [0, 0.1) is 11.6 Å². The molecule has 0 amide bonds. The molecule has 0 saturated carbocycles. The Morgan fingerprint density at radius 2 is 1.30 bits per heavy atom. The van der Waals surface area contributed by atoms with Crippen LogP contribution >= 0.6 is 11.6 Å². The Labute approximate surface area is 120 Å². The maximum Gasteiger partial charge on any atom is 0.131 e. The summed E-state index contributed by atoms with van der Waals surface area (Å²) in [7, 11) is 0. The average Bonchev–Trinajstić information content (AvgIpc) is 2.48. The standard InChI is InChI=1S/C17H11ClF2/c18-17(14-7-3-4-8-15(14)19)13-9-10-16(20)12-6-2-1-5-11(12)13/h1-10,17H. The van der Waals surface area contributed by atoms with Crippen molar-refractivity contribution < 1.29 is 8.78 Å². The van der Waals surface area contributed by atoms with Gasteiger partial charge in [0.2, 0.25) is 0 Å². The molecular weight excluding hydrogens is 278 g/mol. The van der Waals surface area contributed by atoms with E-state index >= 15 is 0 Å². The van der Waals surface area contributed by atoms with Crippen molar-refractivity contribution in [2.45, 2.75) is 5.38 Å². The van der Waals surface area contributed by atoms with E-state index in [0.29, 0.717) is 21.9 Å². The van der Waals surface area contributed by atoms with Crippen molar-refractivity contribution in [1.29, 1.82) is 0 Å². The van der Waals surface area contributed by atoms with Gasteiger partial charge in [-0.3, -0.25) is 0 Å². The molecule has 0 fully saturated rings. The first kappa shape index (κ1) is 13.1. The highest BCUT2D eigenvalue weighted by Gasteiger charge is 2.18. The van der Waals surface area contributed by atoms with Crippen LogP contribution < -0.4 is 0 Å². The van der Waals surface area contributed by atoms with Crippen molar-refractivity contribution in [3.8, 4) is 0 Å². The molecule has 1 atom stereocenters. The molecule has 1 unspecified atom stereocenters. The maximum absolute atomic E-state index is 13.8. The Bertz CT molecular complexity index is 768. The minimum absolute atomic E-state index is 0.304. The molecule has 3 aromatic rings. The second-order valence-electron chi connectivity index (χ2n) is 4.57. The van der Waals surface area contributed by atoms with E-state index in [9.17, 15) is 8.78 Å². The lowest BCUT2D eigenvalue weighted by atomic mass is 9.97. The summed E-state index contributed by atoms with van der Waals surface area (Å²) >= 11 is 6.41. The van der Waals surface area contributed by atoms with Crippen LogP contribution in [-0.2, 0) is 0 Å². The molecule has 0 saturated heterocycles. The molecule has 3 aromatic carbocycles. The van der Waals surface area contributed by atoms with E-state index in [1.54, 1.807) is 42.5 Å². The van der Waals surface area contributed by atoms with Crippen LogP contribution in [0.15, 0.2) is 60.7 Å². The van der Waals surface area contributed by atoms with Crippen molar-refractivity contribution in [2.75, 3.05) is 0 Å². The van der Waals surface area contributed by atoms with Crippen molar-refractivity contribution in [2.24, 2.45) is 0 Å². The third-order valence-electron chi connectivity index (χ3n) is 3.36. The van der Waals surface area contributed by atoms with Gasteiger partial charge in [-0.15, -0.1) is 11.6 Å². The molecule has 0 nitrogen and oxygen atoms in total. The molecule has 0 N–H and O–H groups in total. The minimum atomic E-state index is -0.651. The number of benzene rings is 3. The van der Waals surface area contributed by atoms with Gasteiger partial charge >= 0.3 is 0 Å². The maximum atomic E-state index is 13.8. The number of fused-ring (bicyclic) bond motifs is 1. The molecule has 20 heavy (non-hydrogen) atoms. The van der Waals surface area contributed by atoms with E-state index in [1.165, 1.54) is 12.1 Å². The first-order valence-electron chi connectivity index (χ1n) is 6.24. The molecule has 0 aliphatic carbocycles. The molecule has 0 bridgehead atoms. The van der Waals surface area contributed by atoms with E-state index in [4.69, 9.17) is 11.6 Å². The van der Waals surface area contributed by atoms with Gasteiger partial charge in [0.25, 0.3) is 0 Å². The van der Waals surface area contributed by atoms with Crippen molar-refractivity contribution >= 4 is 22.4 Å². The van der Waals surface area contributed by atoms with Crippen LogP contribution in [0.2, 0.25) is 0 Å². The Morgan fingerprint density at radius 3 is 2.05 bits per heavy atom. The fourth-order valence-electron chi connectivity index (χ4n) is 2.35. The zero-order valence-corrected chi connectivity index (χ0v) is 11.2. The predicted molar refractivity (Wildman–Crippen MR) is 78.0 cm³/mol. The highest BCUT2D eigenvalue weighted by atomic mass is 35.5. The van der Waals surface area contributed by atoms with Crippen LogP contribution in [-0.4, -0.2) is 0 Å². The molecule has 0 aliphatic rings. The van der Waals surface area contributed by atoms with Gasteiger partial charge in [0.05, 0.1) is 5.38 Å². The number of alkyl halides is 1. The summed E-state index contributed by atoms with van der Waals surface area (Å²) in [5.74, 6) is -0.664. The lowest BCUT2D eigenvalue weighted by molar-refractivity contribution is 0.612. The quantitative estimate of drug-likeness (QED) is 0.550. The van der Waals surface area contributed by atoms with Gasteiger partial charge in [-0.05, 0) is 23.1 Å². The number of hydrogen-bond acceptors (Lipinski definition) is 0. The van der Waals surface area contributed by atoms with Gasteiger partial charge in [-0.2, -0.15) is 0 Å². The van der Waals surface area contributed by atoms with Crippen molar-refractivity contribution in [1.82, 2.24) is 0 Å². The summed E-state index contributed by atoms with van der Waals surface area (Å²) < 4.78 is 27.6. The van der Waals surface area contributed by atoms with Crippen molar-refractivity contribution in [3.05, 3.63) is 83.4 Å². The minimum Gasteiger partial charge on any atom is -0.207 e. The van der Waals surface area contributed by atoms with Gasteiger partial charge in [-0.25, -0.2) is 8.78 Å². The first-order valence-corrected chi connectivity index (χ1v) is 6.68. The summed E-state index contributed by atoms with van der Waals surface area (Å²) in [4.78, 5) is 0. The summed E-state index contributed by atoms with van der Waals surface area (Å²) in [6.45, 7) is 0. The Hall–Kier alpha value is -1.93. The summed E-state index contributed by atoms with van der Waals surface area (Å²) in [6, 6.07) is 16.4. The van der Waals surface area contributed by atoms with Crippen LogP contribution in [0.4, 0.5) is 8.78 Å². The third kappa shape index (κ3) is 2.16. The van der Waals surface area contributed by atoms with E-state index < -0.39 is 5.38 Å². The van der Waals surface area contributed by atoms with Crippen LogP contribution in [0.1, 0.15) is 16.5 Å². The summed E-state index contributed by atoms with van der Waals surface area (Å²) in [5, 5.41) is 0.546. The van der Waals surface area contributed by atoms with Gasteiger partial charge in [-0.1, -0.05) is 48.5 Å². The van der Waals surface area contributed by atoms with E-state index in [-0.39, 0.29) is 11.6 Å². The molecule has 0 aromatic heterocycles. The average molecular weight is 289 g/mol. The lowest BCUT2D eigenvalue weighted by Gasteiger charge is -2.14. The fourth-order valence-corrected chi connectivity index (χ4v) is 2.72. The van der Waals surface area contributed by atoms with Crippen LogP contribution in [0.5, 0.6) is 0 Å². The van der Waals surface area contributed by atoms with Gasteiger partial charge < -0.3 is 0 Å². The molecule has 3 heteroatoms. The molecule has 3 rings (SSSR count). The van der Waals surface area contributed by atoms with Crippen LogP contribution in [0.3, 0.4) is 0 Å². The Kier molecular flexibility index (Phi) is 3.41. The predicted octanol–water partition coefficient (Wildman–Crippen LogP) is 5.45. The van der Waals surface area contributed by atoms with Gasteiger partial charge in [0, 0.05) is 10.9 Å². The molecule has 0 heterocycles. The monoisotopic (exact) mass is 288 g/mol. The van der Waals surface area contributed by atoms with E-state index in [2.05, 4.69) is 0 Å². The zero-order chi connectivity index (χ0) is 14.1. The van der Waals surface area contributed by atoms with E-state index in [0.717, 1.165) is 0 Å². The smallest absolute Gasteiger partial charge is 0.131 e. The number of rotatable bonds is 2. The normalized spacial score (nSPS) is 12.6. The zero-order valence-electron chi connectivity index (χ0n) is 10.5. The molecular formula is C17H11ClF2. The van der Waals surface area contributed by atoms with Gasteiger partial charge in [0.1, 0.15) is 11.6 Å². The Balaban J connectivity index is 2.20. The van der Waals surface area contributed by atoms with Crippen molar-refractivity contribution in [3.63, 3.8) is 0 Å². The number of halogens is 3. The summed E-state index contributed by atoms with van der Waals surface area (Å²) in [6.07, 6.45) is 0. The molecule has 0 spiro atoms. The SMILES string of the molecule is Fc1ccccc1C(Cl)c1ccc(F)c2ccccc12.